The summed E-state index contributed by atoms with van der Waals surface area (Å²) in [6, 6.07) is 5.71. The topological polar surface area (TPSA) is 24.9 Å². The summed E-state index contributed by atoms with van der Waals surface area (Å²) >= 11 is 13.9. The highest BCUT2D eigenvalue weighted by molar-refractivity contribution is 7.07. The van der Waals surface area contributed by atoms with Gasteiger partial charge in [0.15, 0.2) is 0 Å². The van der Waals surface area contributed by atoms with Crippen LogP contribution in [0.4, 0.5) is 0 Å². The van der Waals surface area contributed by atoms with Gasteiger partial charge in [-0.05, 0) is 31.2 Å². The third-order valence-corrected chi connectivity index (χ3v) is 3.94. The van der Waals surface area contributed by atoms with Gasteiger partial charge >= 0.3 is 0 Å². The molecular formula is C12H12Cl2N2S. The molecule has 1 heterocycles. The largest absolute Gasteiger partial charge is 0.311 e. The quantitative estimate of drug-likeness (QED) is 0.921. The molecule has 0 saturated heterocycles. The summed E-state index contributed by atoms with van der Waals surface area (Å²) in [4.78, 5) is 4.31. The summed E-state index contributed by atoms with van der Waals surface area (Å²) in [7, 11) is 1.91. The van der Waals surface area contributed by atoms with Gasteiger partial charge in [0.05, 0.1) is 17.2 Å². The van der Waals surface area contributed by atoms with Crippen LogP contribution < -0.4 is 5.32 Å². The van der Waals surface area contributed by atoms with Crippen LogP contribution in [-0.2, 0) is 6.42 Å². The van der Waals surface area contributed by atoms with Crippen LogP contribution in [-0.4, -0.2) is 12.0 Å². The Balaban J connectivity index is 2.25. The molecule has 17 heavy (non-hydrogen) atoms. The number of benzene rings is 1. The Morgan fingerprint density at radius 1 is 1.35 bits per heavy atom. The zero-order chi connectivity index (χ0) is 12.3. The van der Waals surface area contributed by atoms with Crippen molar-refractivity contribution in [1.29, 1.82) is 0 Å². The van der Waals surface area contributed by atoms with Crippen LogP contribution in [0.25, 0.3) is 0 Å². The van der Waals surface area contributed by atoms with Crippen LogP contribution in [0, 0.1) is 0 Å². The predicted molar refractivity (Wildman–Crippen MR) is 74.1 cm³/mol. The van der Waals surface area contributed by atoms with E-state index in [4.69, 9.17) is 23.2 Å². The maximum atomic E-state index is 6.16. The molecule has 1 aromatic heterocycles. The number of rotatable bonds is 4. The Kier molecular flexibility index (Phi) is 4.40. The van der Waals surface area contributed by atoms with Gasteiger partial charge in [0.2, 0.25) is 0 Å². The molecule has 90 valence electrons. The molecule has 0 radical (unpaired) electrons. The number of nitrogens with one attached hydrogen (secondary N) is 1. The lowest BCUT2D eigenvalue weighted by Crippen LogP contribution is -2.19. The molecule has 5 heteroatoms. The molecule has 0 spiro atoms. The highest BCUT2D eigenvalue weighted by Gasteiger charge is 2.15. The fourth-order valence-corrected chi connectivity index (χ4v) is 2.84. The molecule has 0 saturated carbocycles. The molecule has 0 amide bonds. The van der Waals surface area contributed by atoms with Crippen molar-refractivity contribution in [3.63, 3.8) is 0 Å². The van der Waals surface area contributed by atoms with Gasteiger partial charge in [-0.2, -0.15) is 0 Å². The standard InChI is InChI=1S/C12H12Cl2N2S/c1-15-11(12-6-17-7-16-12)5-8-9(13)3-2-4-10(8)14/h2-4,6-7,11,15H,5H2,1H3. The monoisotopic (exact) mass is 286 g/mol. The molecule has 1 atom stereocenters. The van der Waals surface area contributed by atoms with Gasteiger partial charge in [-0.3, -0.25) is 0 Å². The van der Waals surface area contributed by atoms with Crippen molar-refractivity contribution in [3.8, 4) is 0 Å². The third kappa shape index (κ3) is 2.99. The fraction of sp³-hybridized carbons (Fsp3) is 0.250. The average molecular weight is 287 g/mol. The zero-order valence-electron chi connectivity index (χ0n) is 9.28. The highest BCUT2D eigenvalue weighted by Crippen LogP contribution is 2.29. The van der Waals surface area contributed by atoms with Gasteiger partial charge < -0.3 is 5.32 Å². The van der Waals surface area contributed by atoms with E-state index in [1.807, 2.05) is 36.1 Å². The molecule has 0 fully saturated rings. The van der Waals surface area contributed by atoms with Crippen molar-refractivity contribution in [2.45, 2.75) is 12.5 Å². The third-order valence-electron chi connectivity index (χ3n) is 2.63. The Hall–Kier alpha value is -0.610. The van der Waals surface area contributed by atoms with Gasteiger partial charge in [0.25, 0.3) is 0 Å². The maximum absolute atomic E-state index is 6.16. The molecule has 1 N–H and O–H groups in total. The van der Waals surface area contributed by atoms with Gasteiger partial charge in [0.1, 0.15) is 0 Å². The van der Waals surface area contributed by atoms with E-state index in [1.165, 1.54) is 0 Å². The number of nitrogens with zero attached hydrogens (tertiary/aromatic N) is 1. The van der Waals surface area contributed by atoms with Crippen molar-refractivity contribution in [3.05, 3.63) is 50.4 Å². The van der Waals surface area contributed by atoms with Crippen LogP contribution in [0.3, 0.4) is 0 Å². The van der Waals surface area contributed by atoms with E-state index in [-0.39, 0.29) is 6.04 Å². The summed E-state index contributed by atoms with van der Waals surface area (Å²) < 4.78 is 0. The molecule has 2 rings (SSSR count). The molecule has 2 nitrogen and oxygen atoms in total. The molecule has 1 unspecified atom stereocenters. The maximum Gasteiger partial charge on any atom is 0.0795 e. The predicted octanol–water partition coefficient (Wildman–Crippen LogP) is 3.95. The first-order valence-corrected chi connectivity index (χ1v) is 6.90. The Morgan fingerprint density at radius 2 is 2.06 bits per heavy atom. The van der Waals surface area contributed by atoms with E-state index in [1.54, 1.807) is 11.3 Å². The number of hydrogen-bond acceptors (Lipinski definition) is 3. The first-order chi connectivity index (χ1) is 8.22. The molecule has 0 aliphatic rings. The second-order valence-electron chi connectivity index (χ2n) is 3.66. The van der Waals surface area contributed by atoms with E-state index in [0.717, 1.165) is 17.7 Å². The average Bonchev–Trinajstić information content (AvgIpc) is 2.82. The Bertz CT molecular complexity index is 465. The normalized spacial score (nSPS) is 12.6. The number of halogens is 2. The minimum Gasteiger partial charge on any atom is -0.311 e. The van der Waals surface area contributed by atoms with Gasteiger partial charge in [-0.1, -0.05) is 29.3 Å². The first-order valence-electron chi connectivity index (χ1n) is 5.20. The highest BCUT2D eigenvalue weighted by atomic mass is 35.5. The molecule has 0 aliphatic heterocycles. The summed E-state index contributed by atoms with van der Waals surface area (Å²) in [5.74, 6) is 0. The Morgan fingerprint density at radius 3 is 2.59 bits per heavy atom. The van der Waals surface area contributed by atoms with Crippen LogP contribution in [0.15, 0.2) is 29.1 Å². The van der Waals surface area contributed by atoms with Crippen molar-refractivity contribution in [2.24, 2.45) is 0 Å². The van der Waals surface area contributed by atoms with E-state index < -0.39 is 0 Å². The van der Waals surface area contributed by atoms with E-state index in [2.05, 4.69) is 10.3 Å². The van der Waals surface area contributed by atoms with Crippen LogP contribution in [0.1, 0.15) is 17.3 Å². The van der Waals surface area contributed by atoms with Gasteiger partial charge in [0, 0.05) is 15.4 Å². The van der Waals surface area contributed by atoms with Crippen molar-refractivity contribution < 1.29 is 0 Å². The fourth-order valence-electron chi connectivity index (χ4n) is 1.68. The SMILES string of the molecule is CNC(Cc1c(Cl)cccc1Cl)c1cscn1. The first kappa shape index (κ1) is 12.8. The lowest BCUT2D eigenvalue weighted by atomic mass is 10.0. The van der Waals surface area contributed by atoms with E-state index in [0.29, 0.717) is 10.0 Å². The lowest BCUT2D eigenvalue weighted by Gasteiger charge is -2.15. The summed E-state index contributed by atoms with van der Waals surface area (Å²) in [5.41, 5.74) is 3.81. The van der Waals surface area contributed by atoms with Crippen LogP contribution >= 0.6 is 34.5 Å². The molecule has 0 bridgehead atoms. The number of likely N-dealkylation sites (N-methyl/N-ethyl adjacent to an activating group) is 1. The lowest BCUT2D eigenvalue weighted by molar-refractivity contribution is 0.579. The minimum atomic E-state index is 0.138. The van der Waals surface area contributed by atoms with Crippen LogP contribution in [0.5, 0.6) is 0 Å². The number of hydrogen-bond donors (Lipinski definition) is 1. The van der Waals surface area contributed by atoms with Gasteiger partial charge in [-0.25, -0.2) is 4.98 Å². The minimum absolute atomic E-state index is 0.138. The van der Waals surface area contributed by atoms with Crippen LogP contribution in [0.2, 0.25) is 10.0 Å². The summed E-state index contributed by atoms with van der Waals surface area (Å²) in [6.45, 7) is 0. The second-order valence-corrected chi connectivity index (χ2v) is 5.19. The zero-order valence-corrected chi connectivity index (χ0v) is 11.6. The molecule has 2 aromatic rings. The molecular weight excluding hydrogens is 275 g/mol. The van der Waals surface area contributed by atoms with Crippen molar-refractivity contribution in [1.82, 2.24) is 10.3 Å². The Labute approximate surface area is 115 Å². The summed E-state index contributed by atoms with van der Waals surface area (Å²) in [6.07, 6.45) is 0.735. The molecule has 1 aromatic carbocycles. The van der Waals surface area contributed by atoms with E-state index >= 15 is 0 Å². The number of thiazole rings is 1. The van der Waals surface area contributed by atoms with Gasteiger partial charge in [-0.15, -0.1) is 11.3 Å². The second kappa shape index (κ2) is 5.83. The van der Waals surface area contributed by atoms with Crippen molar-refractivity contribution in [2.75, 3.05) is 7.05 Å². The summed E-state index contributed by atoms with van der Waals surface area (Å²) in [5, 5.41) is 6.67. The van der Waals surface area contributed by atoms with Crippen molar-refractivity contribution >= 4 is 34.5 Å². The van der Waals surface area contributed by atoms with E-state index in [9.17, 15) is 0 Å². The smallest absolute Gasteiger partial charge is 0.0795 e. The molecule has 0 aliphatic carbocycles. The number of aromatic nitrogens is 1.